The van der Waals surface area contributed by atoms with Gasteiger partial charge in [-0.05, 0) is 45.3 Å². The third-order valence-corrected chi connectivity index (χ3v) is 4.76. The first kappa shape index (κ1) is 19.1. The maximum absolute atomic E-state index is 12.4. The first-order valence-corrected chi connectivity index (χ1v) is 9.61. The molecule has 3 aromatic rings. The summed E-state index contributed by atoms with van der Waals surface area (Å²) in [6, 6.07) is 15.3. The van der Waals surface area contributed by atoms with E-state index in [0.717, 1.165) is 29.1 Å². The number of carbonyl (C=O) groups excluding carboxylic acids is 1. The number of aromatic nitrogens is 1. The van der Waals surface area contributed by atoms with Gasteiger partial charge in [-0.1, -0.05) is 29.8 Å². The van der Waals surface area contributed by atoms with Gasteiger partial charge in [0.2, 0.25) is 0 Å². The van der Waals surface area contributed by atoms with Crippen molar-refractivity contribution in [3.05, 3.63) is 65.0 Å². The summed E-state index contributed by atoms with van der Waals surface area (Å²) >= 11 is 1.40. The number of carbonyl (C=O) groups is 1. The van der Waals surface area contributed by atoms with Crippen LogP contribution in [0.2, 0.25) is 0 Å². The molecule has 140 valence electrons. The fraction of sp³-hybridized carbons (Fsp3) is 0.238. The van der Waals surface area contributed by atoms with Gasteiger partial charge in [0.15, 0.2) is 5.13 Å². The quantitative estimate of drug-likeness (QED) is 0.663. The van der Waals surface area contributed by atoms with E-state index in [1.54, 1.807) is 0 Å². The Morgan fingerprint density at radius 2 is 1.89 bits per heavy atom. The van der Waals surface area contributed by atoms with Crippen LogP contribution >= 0.6 is 11.3 Å². The van der Waals surface area contributed by atoms with E-state index in [1.165, 1.54) is 11.3 Å². The van der Waals surface area contributed by atoms with Gasteiger partial charge in [-0.2, -0.15) is 0 Å². The number of hydrogen-bond acceptors (Lipinski definition) is 5. The Morgan fingerprint density at radius 3 is 2.63 bits per heavy atom. The number of likely N-dealkylation sites (N-methyl/N-ethyl adjacent to an activating group) is 1. The molecule has 6 heteroatoms. The largest absolute Gasteiger partial charge is 0.492 e. The topological polar surface area (TPSA) is 54.5 Å². The fourth-order valence-corrected chi connectivity index (χ4v) is 3.18. The minimum atomic E-state index is -0.161. The Bertz CT molecular complexity index is 904. The number of ether oxygens (including phenoxy) is 1. The molecule has 0 bridgehead atoms. The van der Waals surface area contributed by atoms with Crippen LogP contribution in [-0.2, 0) is 0 Å². The molecule has 0 aliphatic rings. The van der Waals surface area contributed by atoms with Gasteiger partial charge in [0.25, 0.3) is 5.91 Å². The molecule has 2 aromatic carbocycles. The molecule has 0 fully saturated rings. The second-order valence-corrected chi connectivity index (χ2v) is 7.36. The predicted octanol–water partition coefficient (Wildman–Crippen LogP) is 4.31. The molecular formula is C21H23N3O2S. The fourth-order valence-electron chi connectivity index (χ4n) is 2.47. The lowest BCUT2D eigenvalue weighted by Gasteiger charge is -2.13. The average Bonchev–Trinajstić information content (AvgIpc) is 3.10. The highest BCUT2D eigenvalue weighted by molar-refractivity contribution is 7.14. The van der Waals surface area contributed by atoms with Gasteiger partial charge in [0, 0.05) is 23.1 Å². The zero-order valence-electron chi connectivity index (χ0n) is 15.7. The average molecular weight is 382 g/mol. The summed E-state index contributed by atoms with van der Waals surface area (Å²) < 4.78 is 5.91. The number of amides is 1. The maximum atomic E-state index is 12.4. The highest BCUT2D eigenvalue weighted by Gasteiger charge is 2.13. The molecule has 0 radical (unpaired) electrons. The highest BCUT2D eigenvalue weighted by atomic mass is 32.1. The number of nitrogens with one attached hydrogen (secondary N) is 1. The molecule has 1 amide bonds. The first-order valence-electron chi connectivity index (χ1n) is 8.73. The monoisotopic (exact) mass is 381 g/mol. The van der Waals surface area contributed by atoms with Crippen molar-refractivity contribution in [3.8, 4) is 17.0 Å². The van der Waals surface area contributed by atoms with Crippen molar-refractivity contribution in [1.82, 2.24) is 9.88 Å². The van der Waals surface area contributed by atoms with Crippen molar-refractivity contribution >= 4 is 22.4 Å². The van der Waals surface area contributed by atoms with Gasteiger partial charge in [-0.25, -0.2) is 4.98 Å². The van der Waals surface area contributed by atoms with Crippen LogP contribution in [0, 0.1) is 6.92 Å². The van der Waals surface area contributed by atoms with Crippen molar-refractivity contribution in [2.45, 2.75) is 6.92 Å². The molecule has 1 N–H and O–H groups in total. The van der Waals surface area contributed by atoms with Gasteiger partial charge in [-0.3, -0.25) is 10.1 Å². The van der Waals surface area contributed by atoms with E-state index in [-0.39, 0.29) is 5.91 Å². The van der Waals surface area contributed by atoms with Crippen LogP contribution in [-0.4, -0.2) is 43.0 Å². The molecule has 0 saturated carbocycles. The Kier molecular flexibility index (Phi) is 6.21. The molecule has 0 unspecified atom stereocenters. The van der Waals surface area contributed by atoms with Gasteiger partial charge in [0.1, 0.15) is 12.4 Å². The molecule has 27 heavy (non-hydrogen) atoms. The Morgan fingerprint density at radius 1 is 1.15 bits per heavy atom. The lowest BCUT2D eigenvalue weighted by molar-refractivity contribution is 0.102. The van der Waals surface area contributed by atoms with E-state index in [4.69, 9.17) is 4.74 Å². The van der Waals surface area contributed by atoms with E-state index in [2.05, 4.69) is 15.2 Å². The van der Waals surface area contributed by atoms with Crippen LogP contribution in [0.5, 0.6) is 5.75 Å². The Balaban J connectivity index is 1.72. The minimum absolute atomic E-state index is 0.161. The molecule has 0 atom stereocenters. The normalized spacial score (nSPS) is 10.8. The molecule has 3 rings (SSSR count). The number of para-hydroxylation sites is 1. The Hall–Kier alpha value is -2.70. The first-order chi connectivity index (χ1) is 13.0. The summed E-state index contributed by atoms with van der Waals surface area (Å²) in [6.07, 6.45) is 0. The molecule has 0 saturated heterocycles. The molecule has 1 aromatic heterocycles. The van der Waals surface area contributed by atoms with Crippen LogP contribution in [0.25, 0.3) is 11.3 Å². The van der Waals surface area contributed by atoms with Crippen LogP contribution in [0.4, 0.5) is 5.13 Å². The van der Waals surface area contributed by atoms with Crippen LogP contribution < -0.4 is 10.1 Å². The van der Waals surface area contributed by atoms with Crippen molar-refractivity contribution in [2.24, 2.45) is 0 Å². The van der Waals surface area contributed by atoms with Crippen LogP contribution in [0.15, 0.2) is 53.9 Å². The summed E-state index contributed by atoms with van der Waals surface area (Å²) in [4.78, 5) is 19.0. The standard InChI is InChI=1S/C21H23N3O2S/c1-15-8-10-16(11-9-15)20(25)23-21-22-18(14-27-21)17-6-4-5-7-19(17)26-13-12-24(2)3/h4-11,14H,12-13H2,1-3H3,(H,22,23,25). The number of benzene rings is 2. The second kappa shape index (κ2) is 8.79. The summed E-state index contributed by atoms with van der Waals surface area (Å²) in [6.45, 7) is 3.43. The summed E-state index contributed by atoms with van der Waals surface area (Å²) in [5.41, 5.74) is 3.45. The Labute approximate surface area is 163 Å². The number of thiazole rings is 1. The van der Waals surface area contributed by atoms with Gasteiger partial charge < -0.3 is 9.64 Å². The molecule has 0 aliphatic heterocycles. The molecule has 1 heterocycles. The summed E-state index contributed by atoms with van der Waals surface area (Å²) in [5.74, 6) is 0.632. The van der Waals surface area contributed by atoms with E-state index in [9.17, 15) is 4.79 Å². The van der Waals surface area contributed by atoms with Crippen molar-refractivity contribution in [1.29, 1.82) is 0 Å². The maximum Gasteiger partial charge on any atom is 0.257 e. The lowest BCUT2D eigenvalue weighted by Crippen LogP contribution is -2.19. The third kappa shape index (κ3) is 5.15. The molecule has 5 nitrogen and oxygen atoms in total. The predicted molar refractivity (Wildman–Crippen MR) is 111 cm³/mol. The number of hydrogen-bond donors (Lipinski definition) is 1. The third-order valence-electron chi connectivity index (χ3n) is 4.00. The van der Waals surface area contributed by atoms with E-state index >= 15 is 0 Å². The highest BCUT2D eigenvalue weighted by Crippen LogP contribution is 2.32. The van der Waals surface area contributed by atoms with Crippen LogP contribution in [0.1, 0.15) is 15.9 Å². The van der Waals surface area contributed by atoms with E-state index in [1.807, 2.05) is 74.9 Å². The van der Waals surface area contributed by atoms with E-state index in [0.29, 0.717) is 17.3 Å². The SMILES string of the molecule is Cc1ccc(C(=O)Nc2nc(-c3ccccc3OCCN(C)C)cs2)cc1. The summed E-state index contributed by atoms with van der Waals surface area (Å²) in [7, 11) is 4.03. The van der Waals surface area contributed by atoms with Crippen molar-refractivity contribution < 1.29 is 9.53 Å². The smallest absolute Gasteiger partial charge is 0.257 e. The van der Waals surface area contributed by atoms with Crippen molar-refractivity contribution in [2.75, 3.05) is 32.6 Å². The van der Waals surface area contributed by atoms with Crippen molar-refractivity contribution in [3.63, 3.8) is 0 Å². The summed E-state index contributed by atoms with van der Waals surface area (Å²) in [5, 5.41) is 5.36. The minimum Gasteiger partial charge on any atom is -0.492 e. The van der Waals surface area contributed by atoms with Gasteiger partial charge in [-0.15, -0.1) is 11.3 Å². The molecule has 0 aliphatic carbocycles. The number of aryl methyl sites for hydroxylation is 1. The van der Waals surface area contributed by atoms with Gasteiger partial charge in [0.05, 0.1) is 5.69 Å². The molecular weight excluding hydrogens is 358 g/mol. The number of anilines is 1. The van der Waals surface area contributed by atoms with E-state index < -0.39 is 0 Å². The second-order valence-electron chi connectivity index (χ2n) is 6.51. The lowest BCUT2D eigenvalue weighted by atomic mass is 10.1. The van der Waals surface area contributed by atoms with Gasteiger partial charge >= 0.3 is 0 Å². The number of rotatable bonds is 7. The number of nitrogens with zero attached hydrogens (tertiary/aromatic N) is 2. The molecule has 0 spiro atoms. The zero-order valence-corrected chi connectivity index (χ0v) is 16.5. The zero-order chi connectivity index (χ0) is 19.2. The van der Waals surface area contributed by atoms with Crippen LogP contribution in [0.3, 0.4) is 0 Å².